The third-order valence-corrected chi connectivity index (χ3v) is 6.04. The second-order valence-electron chi connectivity index (χ2n) is 10.1. The van der Waals surface area contributed by atoms with Gasteiger partial charge in [0.1, 0.15) is 11.4 Å². The molecule has 1 aliphatic rings. The minimum Gasteiger partial charge on any atom is -0.396 e. The fraction of sp³-hybridized carbons (Fsp3) is 0.321. The first-order valence-corrected chi connectivity index (χ1v) is 12.4. The van der Waals surface area contributed by atoms with Gasteiger partial charge in [-0.15, -0.1) is 0 Å². The Labute approximate surface area is 221 Å². The van der Waals surface area contributed by atoms with E-state index in [4.69, 9.17) is 15.4 Å². The van der Waals surface area contributed by atoms with Crippen LogP contribution in [0.4, 0.5) is 17.5 Å². The fourth-order valence-electron chi connectivity index (χ4n) is 3.84. The lowest BCUT2D eigenvalue weighted by Gasteiger charge is -2.25. The van der Waals surface area contributed by atoms with Crippen LogP contribution in [0.15, 0.2) is 59.3 Å². The minimum absolute atomic E-state index is 0.0387. The fourth-order valence-corrected chi connectivity index (χ4v) is 3.84. The van der Waals surface area contributed by atoms with Crippen molar-refractivity contribution in [3.8, 4) is 11.5 Å². The van der Waals surface area contributed by atoms with Crippen LogP contribution in [-0.4, -0.2) is 56.2 Å². The topological polar surface area (TPSA) is 143 Å². The standard InChI is InChI=1S/C20H23N7O2.C8H10O/c1-20(2,3)18-25-16(29-26-18)14-10-22-19(24-15(14)21)23-12-5-6-13-11(9-12)7-8-27(4)17(13)28;9-7-6-8-4-2-1-3-5-8/h5-6,9-10H,7-8H2,1-4H3,(H3,21,22,23,24);1-5,9H,6-7H2. The molecule has 0 bridgehead atoms. The number of aromatic nitrogens is 4. The van der Waals surface area contributed by atoms with Crippen molar-refractivity contribution in [2.45, 2.75) is 39.0 Å². The Morgan fingerprint density at radius 2 is 1.87 bits per heavy atom. The van der Waals surface area contributed by atoms with Crippen LogP contribution in [-0.2, 0) is 18.3 Å². The van der Waals surface area contributed by atoms with Crippen LogP contribution in [0, 0.1) is 0 Å². The molecule has 1 amide bonds. The van der Waals surface area contributed by atoms with Gasteiger partial charge in [-0.1, -0.05) is 56.3 Å². The first kappa shape index (κ1) is 26.7. The predicted molar refractivity (Wildman–Crippen MR) is 146 cm³/mol. The van der Waals surface area contributed by atoms with E-state index in [1.165, 1.54) is 5.56 Å². The maximum absolute atomic E-state index is 12.2. The monoisotopic (exact) mass is 515 g/mol. The smallest absolute Gasteiger partial charge is 0.263 e. The van der Waals surface area contributed by atoms with E-state index in [0.717, 1.165) is 29.7 Å². The summed E-state index contributed by atoms with van der Waals surface area (Å²) in [5.74, 6) is 1.50. The maximum Gasteiger partial charge on any atom is 0.263 e. The number of carbonyl (C=O) groups excluding carboxylic acids is 1. The molecule has 10 nitrogen and oxygen atoms in total. The van der Waals surface area contributed by atoms with Gasteiger partial charge < -0.3 is 25.6 Å². The van der Waals surface area contributed by atoms with Crippen molar-refractivity contribution < 1.29 is 14.4 Å². The van der Waals surface area contributed by atoms with Gasteiger partial charge >= 0.3 is 0 Å². The molecular weight excluding hydrogens is 482 g/mol. The average Bonchev–Trinajstić information content (AvgIpc) is 3.39. The zero-order valence-corrected chi connectivity index (χ0v) is 22.1. The number of hydrogen-bond acceptors (Lipinski definition) is 9. The van der Waals surface area contributed by atoms with Crippen LogP contribution in [0.1, 0.15) is 48.1 Å². The molecule has 2 aromatic heterocycles. The second kappa shape index (κ2) is 11.4. The summed E-state index contributed by atoms with van der Waals surface area (Å²) in [6.45, 7) is 6.94. The molecule has 0 saturated carbocycles. The van der Waals surface area contributed by atoms with Crippen LogP contribution in [0.3, 0.4) is 0 Å². The third-order valence-electron chi connectivity index (χ3n) is 6.04. The molecular formula is C28H33N7O3. The molecule has 0 spiro atoms. The number of nitrogens with two attached hydrogens (primary N) is 1. The van der Waals surface area contributed by atoms with Crippen molar-refractivity contribution >= 4 is 23.4 Å². The van der Waals surface area contributed by atoms with Gasteiger partial charge in [-0.2, -0.15) is 9.97 Å². The van der Waals surface area contributed by atoms with Crippen molar-refractivity contribution in [1.29, 1.82) is 0 Å². The summed E-state index contributed by atoms with van der Waals surface area (Å²) in [6.07, 6.45) is 3.13. The van der Waals surface area contributed by atoms with Gasteiger partial charge in [0.2, 0.25) is 5.95 Å². The lowest BCUT2D eigenvalue weighted by Crippen LogP contribution is -2.34. The molecule has 4 N–H and O–H groups in total. The van der Waals surface area contributed by atoms with Crippen molar-refractivity contribution in [2.75, 3.05) is 31.2 Å². The number of amides is 1. The largest absolute Gasteiger partial charge is 0.396 e. The number of anilines is 3. The molecule has 0 aliphatic carbocycles. The minimum atomic E-state index is -0.235. The Morgan fingerprint density at radius 3 is 2.53 bits per heavy atom. The number of hydrogen-bond donors (Lipinski definition) is 3. The molecule has 0 unspecified atom stereocenters. The molecule has 10 heteroatoms. The SMILES string of the molecule is CN1CCc2cc(Nc3ncc(-c4nc(C(C)(C)C)no4)c(N)n3)ccc2C1=O.OCCc1ccccc1. The molecule has 1 aliphatic heterocycles. The molecule has 0 saturated heterocycles. The van der Waals surface area contributed by atoms with Crippen molar-refractivity contribution in [2.24, 2.45) is 0 Å². The van der Waals surface area contributed by atoms with E-state index in [2.05, 4.69) is 25.4 Å². The third kappa shape index (κ3) is 6.33. The number of nitrogen functional groups attached to an aromatic ring is 1. The summed E-state index contributed by atoms with van der Waals surface area (Å²) in [6, 6.07) is 15.5. The Bertz CT molecular complexity index is 1400. The van der Waals surface area contributed by atoms with Crippen molar-refractivity contribution in [1.82, 2.24) is 25.0 Å². The molecule has 38 heavy (non-hydrogen) atoms. The molecule has 0 radical (unpaired) electrons. The highest BCUT2D eigenvalue weighted by molar-refractivity contribution is 5.97. The molecule has 5 rings (SSSR count). The van der Waals surface area contributed by atoms with Crippen molar-refractivity contribution in [3.63, 3.8) is 0 Å². The van der Waals surface area contributed by atoms with Crippen molar-refractivity contribution in [3.05, 3.63) is 77.2 Å². The van der Waals surface area contributed by atoms with E-state index in [-0.39, 0.29) is 29.6 Å². The highest BCUT2D eigenvalue weighted by Crippen LogP contribution is 2.28. The zero-order valence-electron chi connectivity index (χ0n) is 22.1. The van der Waals surface area contributed by atoms with Crippen LogP contribution in [0.2, 0.25) is 0 Å². The number of fused-ring (bicyclic) bond motifs is 1. The van der Waals surface area contributed by atoms with Gasteiger partial charge in [0, 0.05) is 43.1 Å². The van der Waals surface area contributed by atoms with Crippen LogP contribution in [0.5, 0.6) is 0 Å². The number of aliphatic hydroxyl groups excluding tert-OH is 1. The Hall–Kier alpha value is -4.31. The van der Waals surface area contributed by atoms with Crippen LogP contribution in [0.25, 0.3) is 11.5 Å². The van der Waals surface area contributed by atoms with E-state index < -0.39 is 0 Å². The first-order valence-electron chi connectivity index (χ1n) is 12.4. The maximum atomic E-state index is 12.2. The molecule has 0 fully saturated rings. The zero-order chi connectivity index (χ0) is 27.3. The lowest BCUT2D eigenvalue weighted by molar-refractivity contribution is 0.0781. The van der Waals surface area contributed by atoms with E-state index in [0.29, 0.717) is 23.9 Å². The number of nitrogens with one attached hydrogen (secondary N) is 1. The van der Waals surface area contributed by atoms with Gasteiger partial charge in [0.05, 0.1) is 0 Å². The summed E-state index contributed by atoms with van der Waals surface area (Å²) >= 11 is 0. The van der Waals surface area contributed by atoms with Gasteiger partial charge in [0.25, 0.3) is 11.8 Å². The van der Waals surface area contributed by atoms with E-state index in [9.17, 15) is 4.79 Å². The number of nitrogens with zero attached hydrogens (tertiary/aromatic N) is 5. The summed E-state index contributed by atoms with van der Waals surface area (Å²) < 4.78 is 5.32. The lowest BCUT2D eigenvalue weighted by atomic mass is 9.96. The Kier molecular flexibility index (Phi) is 8.02. The number of carbonyl (C=O) groups is 1. The normalized spacial score (nSPS) is 13.0. The summed E-state index contributed by atoms with van der Waals surface area (Å²) in [7, 11) is 1.81. The van der Waals surface area contributed by atoms with Crippen LogP contribution >= 0.6 is 0 Å². The van der Waals surface area contributed by atoms with Gasteiger partial charge in [-0.3, -0.25) is 4.79 Å². The highest BCUT2D eigenvalue weighted by Gasteiger charge is 2.23. The highest BCUT2D eigenvalue weighted by atomic mass is 16.5. The number of benzene rings is 2. The van der Waals surface area contributed by atoms with Gasteiger partial charge in [-0.25, -0.2) is 4.98 Å². The molecule has 2 aromatic carbocycles. The van der Waals surface area contributed by atoms with E-state index >= 15 is 0 Å². The summed E-state index contributed by atoms with van der Waals surface area (Å²) in [5.41, 5.74) is 10.1. The molecule has 198 valence electrons. The molecule has 4 aromatic rings. The van der Waals surface area contributed by atoms with Crippen LogP contribution < -0.4 is 11.1 Å². The average molecular weight is 516 g/mol. The molecule has 0 atom stereocenters. The quantitative estimate of drug-likeness (QED) is 0.359. The Balaban J connectivity index is 0.000000317. The summed E-state index contributed by atoms with van der Waals surface area (Å²) in [5, 5.41) is 15.7. The number of aliphatic hydroxyl groups is 1. The number of rotatable bonds is 5. The molecule has 3 heterocycles. The summed E-state index contributed by atoms with van der Waals surface area (Å²) in [4.78, 5) is 27.0. The van der Waals surface area contributed by atoms with Gasteiger partial charge in [0.15, 0.2) is 5.82 Å². The Morgan fingerprint density at radius 1 is 1.11 bits per heavy atom. The second-order valence-corrected chi connectivity index (χ2v) is 10.1. The van der Waals surface area contributed by atoms with Gasteiger partial charge in [-0.05, 0) is 42.2 Å². The first-order chi connectivity index (χ1) is 18.2. The predicted octanol–water partition coefficient (Wildman–Crippen LogP) is 4.00. The number of likely N-dealkylation sites (N-methyl/N-ethyl adjacent to an activating group) is 1. The van der Waals surface area contributed by atoms with E-state index in [1.54, 1.807) is 11.1 Å². The van der Waals surface area contributed by atoms with E-state index in [1.807, 2.05) is 76.3 Å².